The third-order valence-corrected chi connectivity index (χ3v) is 3.15. The molecular weight excluding hydrogens is 265 g/mol. The predicted molar refractivity (Wildman–Crippen MR) is 73.7 cm³/mol. The van der Waals surface area contributed by atoms with E-state index in [0.717, 1.165) is 0 Å². The van der Waals surface area contributed by atoms with Crippen LogP contribution in [0.1, 0.15) is 32.2 Å². The first kappa shape index (κ1) is 13.9. The largest absolute Gasteiger partial charge is 0.262 e. The van der Waals surface area contributed by atoms with E-state index < -0.39 is 5.82 Å². The molecule has 0 fully saturated rings. The Morgan fingerprint density at radius 3 is 2.47 bits per heavy atom. The summed E-state index contributed by atoms with van der Waals surface area (Å²) >= 11 is 6.14. The molecule has 2 heterocycles. The fraction of sp³-hybridized carbons (Fsp3) is 0.357. The molecule has 2 rings (SSSR count). The van der Waals surface area contributed by atoms with Crippen LogP contribution < -0.4 is 0 Å². The third kappa shape index (κ3) is 2.73. The van der Waals surface area contributed by atoms with E-state index in [-0.39, 0.29) is 5.41 Å². The van der Waals surface area contributed by atoms with E-state index >= 15 is 0 Å². The van der Waals surface area contributed by atoms with Crippen LogP contribution in [-0.2, 0) is 5.41 Å². The standard InChI is InChI=1S/C14H15ClFN3/c1-8-11(9-5-6-17-7-10(9)16)18-13(14(2,3)4)19-12(8)15/h5-7H,1-4H3. The highest BCUT2D eigenvalue weighted by molar-refractivity contribution is 6.30. The second kappa shape index (κ2) is 4.85. The van der Waals surface area contributed by atoms with Crippen LogP contribution in [0.4, 0.5) is 4.39 Å². The van der Waals surface area contributed by atoms with Gasteiger partial charge in [0.2, 0.25) is 0 Å². The van der Waals surface area contributed by atoms with Crippen molar-refractivity contribution < 1.29 is 4.39 Å². The van der Waals surface area contributed by atoms with Gasteiger partial charge in [0, 0.05) is 22.7 Å². The van der Waals surface area contributed by atoms with Gasteiger partial charge in [0.25, 0.3) is 0 Å². The van der Waals surface area contributed by atoms with E-state index in [1.54, 1.807) is 13.0 Å². The molecule has 0 aliphatic heterocycles. The molecule has 0 bridgehead atoms. The maximum Gasteiger partial charge on any atom is 0.150 e. The first-order chi connectivity index (χ1) is 8.80. The lowest BCUT2D eigenvalue weighted by Gasteiger charge is -2.19. The Labute approximate surface area is 116 Å². The number of aromatic nitrogens is 3. The molecule has 2 aromatic heterocycles. The summed E-state index contributed by atoms with van der Waals surface area (Å²) in [5, 5.41) is 0.353. The van der Waals surface area contributed by atoms with Crippen molar-refractivity contribution in [3.8, 4) is 11.3 Å². The van der Waals surface area contributed by atoms with Gasteiger partial charge in [-0.25, -0.2) is 14.4 Å². The molecule has 0 saturated carbocycles. The minimum absolute atomic E-state index is 0.254. The van der Waals surface area contributed by atoms with Gasteiger partial charge in [-0.15, -0.1) is 0 Å². The highest BCUT2D eigenvalue weighted by Gasteiger charge is 2.22. The van der Waals surface area contributed by atoms with Gasteiger partial charge in [-0.2, -0.15) is 0 Å². The highest BCUT2D eigenvalue weighted by atomic mass is 35.5. The molecule has 0 amide bonds. The number of hydrogen-bond acceptors (Lipinski definition) is 3. The molecule has 19 heavy (non-hydrogen) atoms. The van der Waals surface area contributed by atoms with Crippen LogP contribution in [0.15, 0.2) is 18.5 Å². The maximum absolute atomic E-state index is 13.8. The van der Waals surface area contributed by atoms with Crippen LogP contribution >= 0.6 is 11.6 Å². The Morgan fingerprint density at radius 2 is 1.89 bits per heavy atom. The van der Waals surface area contributed by atoms with E-state index in [0.29, 0.717) is 27.8 Å². The van der Waals surface area contributed by atoms with Crippen molar-refractivity contribution in [3.63, 3.8) is 0 Å². The maximum atomic E-state index is 13.8. The fourth-order valence-corrected chi connectivity index (χ4v) is 1.82. The smallest absolute Gasteiger partial charge is 0.150 e. The topological polar surface area (TPSA) is 38.7 Å². The normalized spacial score (nSPS) is 11.7. The van der Waals surface area contributed by atoms with Crippen molar-refractivity contribution in [2.24, 2.45) is 0 Å². The molecule has 0 unspecified atom stereocenters. The van der Waals surface area contributed by atoms with Crippen LogP contribution in [0, 0.1) is 12.7 Å². The van der Waals surface area contributed by atoms with E-state index in [1.807, 2.05) is 20.8 Å². The lowest BCUT2D eigenvalue weighted by Crippen LogP contribution is -2.17. The molecule has 5 heteroatoms. The van der Waals surface area contributed by atoms with Crippen molar-refractivity contribution in [1.82, 2.24) is 15.0 Å². The van der Waals surface area contributed by atoms with Crippen LogP contribution in [-0.4, -0.2) is 15.0 Å². The molecule has 0 aromatic carbocycles. The van der Waals surface area contributed by atoms with Gasteiger partial charge in [0.1, 0.15) is 11.0 Å². The molecule has 3 nitrogen and oxygen atoms in total. The van der Waals surface area contributed by atoms with Crippen molar-refractivity contribution in [3.05, 3.63) is 40.8 Å². The van der Waals surface area contributed by atoms with Gasteiger partial charge in [-0.1, -0.05) is 32.4 Å². The second-order valence-electron chi connectivity index (χ2n) is 5.42. The SMILES string of the molecule is Cc1c(Cl)nc(C(C)(C)C)nc1-c1ccncc1F. The Kier molecular flexibility index (Phi) is 3.54. The van der Waals surface area contributed by atoms with Gasteiger partial charge >= 0.3 is 0 Å². The molecule has 0 atom stereocenters. The first-order valence-corrected chi connectivity index (χ1v) is 6.33. The number of halogens is 2. The Bertz CT molecular complexity index is 621. The lowest BCUT2D eigenvalue weighted by atomic mass is 9.95. The van der Waals surface area contributed by atoms with Crippen LogP contribution in [0.3, 0.4) is 0 Å². The second-order valence-corrected chi connectivity index (χ2v) is 5.78. The predicted octanol–water partition coefficient (Wildman–Crippen LogP) is 3.94. The number of nitrogens with zero attached hydrogens (tertiary/aromatic N) is 3. The third-order valence-electron chi connectivity index (χ3n) is 2.78. The summed E-state index contributed by atoms with van der Waals surface area (Å²) in [6.07, 6.45) is 2.70. The zero-order chi connectivity index (χ0) is 14.2. The van der Waals surface area contributed by atoms with Crippen LogP contribution in [0.5, 0.6) is 0 Å². The van der Waals surface area contributed by atoms with Crippen molar-refractivity contribution in [2.45, 2.75) is 33.1 Å². The summed E-state index contributed by atoms with van der Waals surface area (Å²) in [6, 6.07) is 1.59. The molecule has 0 spiro atoms. The summed E-state index contributed by atoms with van der Waals surface area (Å²) < 4.78 is 13.8. The van der Waals surface area contributed by atoms with Crippen molar-refractivity contribution in [2.75, 3.05) is 0 Å². The number of pyridine rings is 1. The number of hydrogen-bond donors (Lipinski definition) is 0. The summed E-state index contributed by atoms with van der Waals surface area (Å²) in [5.74, 6) is 0.175. The van der Waals surface area contributed by atoms with Crippen molar-refractivity contribution >= 4 is 11.6 Å². The summed E-state index contributed by atoms with van der Waals surface area (Å²) in [4.78, 5) is 12.5. The zero-order valence-corrected chi connectivity index (χ0v) is 12.1. The van der Waals surface area contributed by atoms with Gasteiger partial charge in [0.05, 0.1) is 11.9 Å². The quantitative estimate of drug-likeness (QED) is 0.742. The van der Waals surface area contributed by atoms with Crippen molar-refractivity contribution in [1.29, 1.82) is 0 Å². The summed E-state index contributed by atoms with van der Waals surface area (Å²) in [7, 11) is 0. The summed E-state index contributed by atoms with van der Waals surface area (Å²) in [5.41, 5.74) is 1.32. The molecule has 0 saturated heterocycles. The average molecular weight is 280 g/mol. The van der Waals surface area contributed by atoms with Crippen LogP contribution in [0.2, 0.25) is 5.15 Å². The Balaban J connectivity index is 2.70. The average Bonchev–Trinajstić information content (AvgIpc) is 2.32. The molecule has 0 aliphatic carbocycles. The summed E-state index contributed by atoms with van der Waals surface area (Å²) in [6.45, 7) is 7.74. The molecule has 2 aromatic rings. The van der Waals surface area contributed by atoms with Gasteiger partial charge in [-0.05, 0) is 13.0 Å². The Morgan fingerprint density at radius 1 is 1.21 bits per heavy atom. The molecule has 0 N–H and O–H groups in total. The monoisotopic (exact) mass is 279 g/mol. The van der Waals surface area contributed by atoms with E-state index in [2.05, 4.69) is 15.0 Å². The first-order valence-electron chi connectivity index (χ1n) is 5.95. The highest BCUT2D eigenvalue weighted by Crippen LogP contribution is 2.30. The fourth-order valence-electron chi connectivity index (χ4n) is 1.65. The van der Waals surface area contributed by atoms with E-state index in [9.17, 15) is 4.39 Å². The van der Waals surface area contributed by atoms with Gasteiger partial charge < -0.3 is 0 Å². The molecule has 0 aliphatic rings. The molecule has 100 valence electrons. The molecule has 0 radical (unpaired) electrons. The zero-order valence-electron chi connectivity index (χ0n) is 11.3. The Hall–Kier alpha value is -1.55. The van der Waals surface area contributed by atoms with Gasteiger partial charge in [-0.3, -0.25) is 4.98 Å². The molecular formula is C14H15ClFN3. The number of rotatable bonds is 1. The minimum atomic E-state index is -0.416. The van der Waals surface area contributed by atoms with Crippen LogP contribution in [0.25, 0.3) is 11.3 Å². The minimum Gasteiger partial charge on any atom is -0.262 e. The van der Waals surface area contributed by atoms with E-state index in [1.165, 1.54) is 12.4 Å². The lowest BCUT2D eigenvalue weighted by molar-refractivity contribution is 0.545. The van der Waals surface area contributed by atoms with Gasteiger partial charge in [0.15, 0.2) is 5.82 Å². The van der Waals surface area contributed by atoms with E-state index in [4.69, 9.17) is 11.6 Å².